The van der Waals surface area contributed by atoms with Gasteiger partial charge in [-0.15, -0.1) is 0 Å². The standard InChI is InChI=1S/C21H18F6N2O2/c1-19(18(31)28-16-8-6-15(7-9-16)21(25,26)27)11-10-17(30)29(19)12-13-2-4-14(5-3-13)20(22,23)24/h2-9H,10-12H2,1H3,(H,28,31). The first kappa shape index (κ1) is 22.6. The fraction of sp³-hybridized carbons (Fsp3) is 0.333. The van der Waals surface area contributed by atoms with Crippen molar-refractivity contribution in [3.63, 3.8) is 0 Å². The van der Waals surface area contributed by atoms with Crippen molar-refractivity contribution in [2.75, 3.05) is 5.32 Å². The van der Waals surface area contributed by atoms with E-state index in [1.54, 1.807) is 0 Å². The molecule has 1 aliphatic rings. The fourth-order valence-electron chi connectivity index (χ4n) is 3.38. The summed E-state index contributed by atoms with van der Waals surface area (Å²) in [6.07, 6.45) is -8.76. The van der Waals surface area contributed by atoms with Crippen molar-refractivity contribution in [1.29, 1.82) is 0 Å². The van der Waals surface area contributed by atoms with Crippen LogP contribution in [-0.4, -0.2) is 22.3 Å². The Kier molecular flexibility index (Phi) is 5.77. The van der Waals surface area contributed by atoms with Crippen molar-refractivity contribution in [1.82, 2.24) is 4.90 Å². The number of carbonyl (C=O) groups is 2. The minimum absolute atomic E-state index is 0.0670. The number of hydrogen-bond donors (Lipinski definition) is 1. The summed E-state index contributed by atoms with van der Waals surface area (Å²) in [7, 11) is 0. The van der Waals surface area contributed by atoms with Crippen LogP contribution in [0.1, 0.15) is 36.5 Å². The maximum Gasteiger partial charge on any atom is 0.416 e. The number of nitrogens with zero attached hydrogens (tertiary/aromatic N) is 1. The molecular formula is C21H18F6N2O2. The molecule has 1 heterocycles. The summed E-state index contributed by atoms with van der Waals surface area (Å²) in [5.41, 5.74) is -2.45. The van der Waals surface area contributed by atoms with Gasteiger partial charge in [0.15, 0.2) is 0 Å². The van der Waals surface area contributed by atoms with Gasteiger partial charge in [-0.25, -0.2) is 0 Å². The number of nitrogens with one attached hydrogen (secondary N) is 1. The van der Waals surface area contributed by atoms with Crippen LogP contribution >= 0.6 is 0 Å². The average molecular weight is 444 g/mol. The highest BCUT2D eigenvalue weighted by Gasteiger charge is 2.47. The molecule has 4 nitrogen and oxygen atoms in total. The number of alkyl halides is 6. The second-order valence-corrected chi connectivity index (χ2v) is 7.48. The number of carbonyl (C=O) groups excluding carboxylic acids is 2. The number of anilines is 1. The van der Waals surface area contributed by atoms with Crippen molar-refractivity contribution >= 4 is 17.5 Å². The number of likely N-dealkylation sites (tertiary alicyclic amines) is 1. The second kappa shape index (κ2) is 7.90. The minimum Gasteiger partial charge on any atom is -0.324 e. The maximum atomic E-state index is 12.9. The van der Waals surface area contributed by atoms with Crippen LogP contribution in [-0.2, 0) is 28.5 Å². The van der Waals surface area contributed by atoms with Gasteiger partial charge >= 0.3 is 12.4 Å². The normalized spacial score (nSPS) is 19.6. The Balaban J connectivity index is 1.76. The first-order valence-corrected chi connectivity index (χ1v) is 9.26. The van der Waals surface area contributed by atoms with Crippen molar-refractivity contribution in [3.8, 4) is 0 Å². The molecule has 3 rings (SSSR count). The summed E-state index contributed by atoms with van der Waals surface area (Å²) in [6, 6.07) is 8.16. The lowest BCUT2D eigenvalue weighted by atomic mass is 9.96. The lowest BCUT2D eigenvalue weighted by Crippen LogP contribution is -2.51. The van der Waals surface area contributed by atoms with E-state index in [9.17, 15) is 35.9 Å². The van der Waals surface area contributed by atoms with E-state index < -0.39 is 34.9 Å². The molecule has 0 radical (unpaired) electrons. The van der Waals surface area contributed by atoms with Crippen molar-refractivity contribution in [2.24, 2.45) is 0 Å². The number of rotatable bonds is 4. The first-order valence-electron chi connectivity index (χ1n) is 9.26. The summed E-state index contributed by atoms with van der Waals surface area (Å²) in [5, 5.41) is 2.52. The van der Waals surface area contributed by atoms with E-state index in [1.807, 2.05) is 0 Å². The molecule has 2 aromatic carbocycles. The Morgan fingerprint density at radius 1 is 0.935 bits per heavy atom. The van der Waals surface area contributed by atoms with Gasteiger partial charge in [0, 0.05) is 18.7 Å². The van der Waals surface area contributed by atoms with Gasteiger partial charge < -0.3 is 10.2 Å². The minimum atomic E-state index is -4.51. The highest BCUT2D eigenvalue weighted by molar-refractivity contribution is 6.02. The molecule has 166 valence electrons. The lowest BCUT2D eigenvalue weighted by Gasteiger charge is -2.34. The molecule has 1 unspecified atom stereocenters. The molecule has 31 heavy (non-hydrogen) atoms. The third-order valence-electron chi connectivity index (χ3n) is 5.30. The molecule has 2 aromatic rings. The van der Waals surface area contributed by atoms with Crippen molar-refractivity contribution in [2.45, 2.75) is 44.2 Å². The summed E-state index contributed by atoms with van der Waals surface area (Å²) in [4.78, 5) is 26.5. The molecular weight excluding hydrogens is 426 g/mol. The number of amides is 2. The third kappa shape index (κ3) is 4.83. The zero-order valence-corrected chi connectivity index (χ0v) is 16.3. The van der Waals surface area contributed by atoms with E-state index >= 15 is 0 Å². The van der Waals surface area contributed by atoms with Gasteiger partial charge in [0.1, 0.15) is 5.54 Å². The van der Waals surface area contributed by atoms with E-state index in [0.717, 1.165) is 36.4 Å². The van der Waals surface area contributed by atoms with E-state index in [-0.39, 0.29) is 31.0 Å². The van der Waals surface area contributed by atoms with Crippen molar-refractivity contribution < 1.29 is 35.9 Å². The zero-order valence-electron chi connectivity index (χ0n) is 16.3. The van der Waals surface area contributed by atoms with Crippen LogP contribution in [0.4, 0.5) is 32.0 Å². The van der Waals surface area contributed by atoms with Gasteiger partial charge in [-0.2, -0.15) is 26.3 Å². The lowest BCUT2D eigenvalue weighted by molar-refractivity contribution is -0.138. The van der Waals surface area contributed by atoms with Gasteiger partial charge in [0.25, 0.3) is 0 Å². The molecule has 0 bridgehead atoms. The molecule has 0 aromatic heterocycles. The van der Waals surface area contributed by atoms with Crippen LogP contribution in [0.5, 0.6) is 0 Å². The predicted octanol–water partition coefficient (Wildman–Crippen LogP) is 5.24. The van der Waals surface area contributed by atoms with Gasteiger partial charge in [0.2, 0.25) is 11.8 Å². The van der Waals surface area contributed by atoms with E-state index in [0.29, 0.717) is 5.56 Å². The Hall–Kier alpha value is -3.04. The Bertz CT molecular complexity index is 967. The van der Waals surface area contributed by atoms with Crippen LogP contribution in [0.3, 0.4) is 0 Å². The Morgan fingerprint density at radius 3 is 1.90 bits per heavy atom. The molecule has 1 N–H and O–H groups in total. The monoisotopic (exact) mass is 444 g/mol. The van der Waals surface area contributed by atoms with Gasteiger partial charge in [-0.1, -0.05) is 12.1 Å². The van der Waals surface area contributed by atoms with Crippen LogP contribution in [0, 0.1) is 0 Å². The average Bonchev–Trinajstić information content (AvgIpc) is 2.97. The van der Waals surface area contributed by atoms with E-state index in [2.05, 4.69) is 5.32 Å². The third-order valence-corrected chi connectivity index (χ3v) is 5.30. The molecule has 1 atom stereocenters. The van der Waals surface area contributed by atoms with Crippen LogP contribution in [0.15, 0.2) is 48.5 Å². The molecule has 2 amide bonds. The quantitative estimate of drug-likeness (QED) is 0.656. The van der Waals surface area contributed by atoms with Crippen LogP contribution in [0.2, 0.25) is 0 Å². The van der Waals surface area contributed by atoms with Crippen LogP contribution < -0.4 is 5.32 Å². The predicted molar refractivity (Wildman–Crippen MR) is 99.7 cm³/mol. The summed E-state index contributed by atoms with van der Waals surface area (Å²) in [6.45, 7) is 1.44. The SMILES string of the molecule is CC1(C(=O)Nc2ccc(C(F)(F)F)cc2)CCC(=O)N1Cc1ccc(C(F)(F)F)cc1. The molecule has 0 saturated carbocycles. The van der Waals surface area contributed by atoms with Gasteiger partial charge in [-0.05, 0) is 55.3 Å². The fourth-order valence-corrected chi connectivity index (χ4v) is 3.38. The van der Waals surface area contributed by atoms with Gasteiger partial charge in [0.05, 0.1) is 11.1 Å². The zero-order chi connectivity index (χ0) is 23.0. The Morgan fingerprint density at radius 2 is 1.42 bits per heavy atom. The summed E-state index contributed by atoms with van der Waals surface area (Å²) >= 11 is 0. The van der Waals surface area contributed by atoms with E-state index in [4.69, 9.17) is 0 Å². The molecule has 10 heteroatoms. The number of benzene rings is 2. The largest absolute Gasteiger partial charge is 0.416 e. The number of hydrogen-bond acceptors (Lipinski definition) is 2. The first-order chi connectivity index (χ1) is 14.3. The van der Waals surface area contributed by atoms with Crippen molar-refractivity contribution in [3.05, 3.63) is 65.2 Å². The second-order valence-electron chi connectivity index (χ2n) is 7.48. The molecule has 0 aliphatic carbocycles. The van der Waals surface area contributed by atoms with E-state index in [1.165, 1.54) is 24.0 Å². The number of halogens is 6. The smallest absolute Gasteiger partial charge is 0.324 e. The molecule has 1 fully saturated rings. The Labute approximate surface area is 173 Å². The van der Waals surface area contributed by atoms with Gasteiger partial charge in [-0.3, -0.25) is 9.59 Å². The highest BCUT2D eigenvalue weighted by atomic mass is 19.4. The highest BCUT2D eigenvalue weighted by Crippen LogP contribution is 2.35. The summed E-state index contributed by atoms with van der Waals surface area (Å²) in [5.74, 6) is -0.935. The molecule has 0 spiro atoms. The topological polar surface area (TPSA) is 49.4 Å². The molecule has 1 saturated heterocycles. The van der Waals surface area contributed by atoms with Crippen LogP contribution in [0.25, 0.3) is 0 Å². The molecule has 1 aliphatic heterocycles. The maximum absolute atomic E-state index is 12.9. The summed E-state index contributed by atoms with van der Waals surface area (Å²) < 4.78 is 76.3.